The van der Waals surface area contributed by atoms with Gasteiger partial charge in [-0.05, 0) is 49.4 Å². The van der Waals surface area contributed by atoms with Crippen molar-refractivity contribution in [2.24, 2.45) is 5.92 Å². The Bertz CT molecular complexity index is 443. The molecular weight excluding hydrogens is 231 g/mol. The zero-order valence-electron chi connectivity index (χ0n) is 8.84. The van der Waals surface area contributed by atoms with Crippen molar-refractivity contribution in [3.63, 3.8) is 0 Å². The number of rotatable bonds is 3. The summed E-state index contributed by atoms with van der Waals surface area (Å²) in [6.45, 7) is 1.62. The third kappa shape index (κ3) is 1.69. The molecule has 1 aliphatic rings. The van der Waals surface area contributed by atoms with E-state index >= 15 is 0 Å². The third-order valence-electron chi connectivity index (χ3n) is 3.33. The van der Waals surface area contributed by atoms with Crippen LogP contribution >= 0.6 is 11.6 Å². The molecule has 4 heteroatoms. The third-order valence-corrected chi connectivity index (χ3v) is 3.66. The number of hydrogen-bond donors (Lipinski definition) is 1. The van der Waals surface area contributed by atoms with Crippen LogP contribution in [0.1, 0.15) is 25.3 Å². The number of halogens is 2. The number of aliphatic carboxylic acids is 1. The number of carboxylic acids is 1. The summed E-state index contributed by atoms with van der Waals surface area (Å²) in [6.07, 6.45) is 1.71. The second-order valence-electron chi connectivity index (χ2n) is 4.41. The average Bonchev–Trinajstić information content (AvgIpc) is 3.04. The van der Waals surface area contributed by atoms with Gasteiger partial charge in [-0.1, -0.05) is 11.6 Å². The Hall–Kier alpha value is -1.09. The Morgan fingerprint density at radius 2 is 2.19 bits per heavy atom. The largest absolute Gasteiger partial charge is 0.481 e. The zero-order valence-corrected chi connectivity index (χ0v) is 9.59. The molecule has 1 saturated carbocycles. The van der Waals surface area contributed by atoms with Gasteiger partial charge in [0.25, 0.3) is 0 Å². The maximum absolute atomic E-state index is 13.2. The van der Waals surface area contributed by atoms with Crippen LogP contribution in [-0.2, 0) is 10.2 Å². The van der Waals surface area contributed by atoms with E-state index in [0.29, 0.717) is 10.6 Å². The van der Waals surface area contributed by atoms with Crippen LogP contribution in [0.15, 0.2) is 18.2 Å². The highest BCUT2D eigenvalue weighted by Crippen LogP contribution is 2.49. The van der Waals surface area contributed by atoms with Gasteiger partial charge < -0.3 is 5.11 Å². The fourth-order valence-electron chi connectivity index (χ4n) is 2.07. The van der Waals surface area contributed by atoms with Gasteiger partial charge >= 0.3 is 5.97 Å². The van der Waals surface area contributed by atoms with Crippen LogP contribution < -0.4 is 0 Å². The summed E-state index contributed by atoms with van der Waals surface area (Å²) in [4.78, 5) is 11.4. The van der Waals surface area contributed by atoms with Crippen LogP contribution in [0, 0.1) is 11.7 Å². The van der Waals surface area contributed by atoms with Crippen LogP contribution in [0.2, 0.25) is 5.02 Å². The minimum atomic E-state index is -1.07. The molecule has 0 saturated heterocycles. The lowest BCUT2D eigenvalue weighted by Crippen LogP contribution is -2.35. The van der Waals surface area contributed by atoms with E-state index in [2.05, 4.69) is 0 Å². The minimum absolute atomic E-state index is 0.0595. The second kappa shape index (κ2) is 3.74. The number of carbonyl (C=O) groups is 1. The van der Waals surface area contributed by atoms with Gasteiger partial charge in [0.2, 0.25) is 0 Å². The maximum atomic E-state index is 13.2. The number of benzene rings is 1. The molecule has 0 bridgehead atoms. The summed E-state index contributed by atoms with van der Waals surface area (Å²) < 4.78 is 13.2. The summed E-state index contributed by atoms with van der Waals surface area (Å²) in [5.74, 6) is -1.33. The first-order chi connectivity index (χ1) is 7.46. The Morgan fingerprint density at radius 1 is 1.56 bits per heavy atom. The van der Waals surface area contributed by atoms with Gasteiger partial charge in [0.05, 0.1) is 5.41 Å². The molecule has 16 heavy (non-hydrogen) atoms. The van der Waals surface area contributed by atoms with Crippen LogP contribution in [0.5, 0.6) is 0 Å². The first kappa shape index (κ1) is 11.4. The van der Waals surface area contributed by atoms with Crippen molar-refractivity contribution in [3.8, 4) is 0 Å². The molecule has 1 atom stereocenters. The molecule has 1 aliphatic carbocycles. The smallest absolute Gasteiger partial charge is 0.314 e. The van der Waals surface area contributed by atoms with Crippen molar-refractivity contribution in [2.45, 2.75) is 25.2 Å². The van der Waals surface area contributed by atoms with Crippen molar-refractivity contribution < 1.29 is 14.3 Å². The Kier molecular flexibility index (Phi) is 2.66. The minimum Gasteiger partial charge on any atom is -0.481 e. The summed E-state index contributed by atoms with van der Waals surface area (Å²) in [5.41, 5.74) is -0.691. The first-order valence-corrected chi connectivity index (χ1v) is 5.53. The Morgan fingerprint density at radius 3 is 2.69 bits per heavy atom. The molecule has 86 valence electrons. The quantitative estimate of drug-likeness (QED) is 0.884. The molecule has 0 heterocycles. The van der Waals surface area contributed by atoms with E-state index in [-0.39, 0.29) is 5.92 Å². The van der Waals surface area contributed by atoms with Gasteiger partial charge in [0.1, 0.15) is 5.82 Å². The number of carboxylic acid groups (broad SMARTS) is 1. The molecule has 0 aliphatic heterocycles. The molecule has 0 radical (unpaired) electrons. The topological polar surface area (TPSA) is 37.3 Å². The lowest BCUT2D eigenvalue weighted by atomic mass is 9.78. The monoisotopic (exact) mass is 242 g/mol. The van der Waals surface area contributed by atoms with Gasteiger partial charge in [-0.2, -0.15) is 0 Å². The molecule has 0 amide bonds. The van der Waals surface area contributed by atoms with E-state index < -0.39 is 17.2 Å². The molecule has 1 N–H and O–H groups in total. The molecule has 1 aromatic carbocycles. The van der Waals surface area contributed by atoms with E-state index in [1.807, 2.05) is 0 Å². The van der Waals surface area contributed by atoms with Gasteiger partial charge in [-0.15, -0.1) is 0 Å². The SMILES string of the molecule is CC(C(=O)O)(c1cc(F)ccc1Cl)C1CC1. The van der Waals surface area contributed by atoms with E-state index in [4.69, 9.17) is 11.6 Å². The van der Waals surface area contributed by atoms with E-state index in [9.17, 15) is 14.3 Å². The average molecular weight is 243 g/mol. The molecule has 2 rings (SSSR count). The van der Waals surface area contributed by atoms with Crippen LogP contribution in [0.4, 0.5) is 4.39 Å². The summed E-state index contributed by atoms with van der Waals surface area (Å²) >= 11 is 5.97. The fraction of sp³-hybridized carbons (Fsp3) is 0.417. The van der Waals surface area contributed by atoms with Gasteiger partial charge in [0, 0.05) is 5.02 Å². The highest BCUT2D eigenvalue weighted by atomic mass is 35.5. The van der Waals surface area contributed by atoms with Crippen LogP contribution in [0.3, 0.4) is 0 Å². The second-order valence-corrected chi connectivity index (χ2v) is 4.81. The molecule has 0 aromatic heterocycles. The predicted molar refractivity (Wildman–Crippen MR) is 59.1 cm³/mol. The molecule has 2 nitrogen and oxygen atoms in total. The van der Waals surface area contributed by atoms with Crippen molar-refractivity contribution in [3.05, 3.63) is 34.6 Å². The van der Waals surface area contributed by atoms with E-state index in [0.717, 1.165) is 12.8 Å². The molecule has 1 aromatic rings. The zero-order chi connectivity index (χ0) is 11.9. The van der Waals surface area contributed by atoms with Crippen LogP contribution in [0.25, 0.3) is 0 Å². The van der Waals surface area contributed by atoms with Gasteiger partial charge in [-0.25, -0.2) is 4.39 Å². The highest BCUT2D eigenvalue weighted by Gasteiger charge is 2.49. The summed E-state index contributed by atoms with van der Waals surface area (Å²) in [7, 11) is 0. The highest BCUT2D eigenvalue weighted by molar-refractivity contribution is 6.31. The number of hydrogen-bond acceptors (Lipinski definition) is 1. The van der Waals surface area contributed by atoms with Crippen molar-refractivity contribution >= 4 is 17.6 Å². The van der Waals surface area contributed by atoms with Crippen LogP contribution in [-0.4, -0.2) is 11.1 Å². The molecule has 0 spiro atoms. The van der Waals surface area contributed by atoms with E-state index in [1.165, 1.54) is 18.2 Å². The normalized spacial score (nSPS) is 19.2. The maximum Gasteiger partial charge on any atom is 0.314 e. The fourth-order valence-corrected chi connectivity index (χ4v) is 2.38. The lowest BCUT2D eigenvalue weighted by Gasteiger charge is -2.26. The molecule has 1 unspecified atom stereocenters. The standard InChI is InChI=1S/C12H12ClFO2/c1-12(11(15)16,7-2-3-7)9-6-8(14)4-5-10(9)13/h4-7H,2-3H2,1H3,(H,15,16). The van der Waals surface area contributed by atoms with E-state index in [1.54, 1.807) is 6.92 Å². The first-order valence-electron chi connectivity index (χ1n) is 5.15. The predicted octanol–water partition coefficient (Wildman–Crippen LogP) is 3.23. The van der Waals surface area contributed by atoms with Crippen molar-refractivity contribution in [2.75, 3.05) is 0 Å². The van der Waals surface area contributed by atoms with Crippen molar-refractivity contribution in [1.82, 2.24) is 0 Å². The summed E-state index contributed by atoms with van der Waals surface area (Å²) in [6, 6.07) is 3.88. The summed E-state index contributed by atoms with van der Waals surface area (Å²) in [5, 5.41) is 9.65. The Balaban J connectivity index is 2.54. The van der Waals surface area contributed by atoms with Crippen molar-refractivity contribution in [1.29, 1.82) is 0 Å². The molecule has 1 fully saturated rings. The molecular formula is C12H12ClFO2. The lowest BCUT2D eigenvalue weighted by molar-refractivity contribution is -0.144. The van der Waals surface area contributed by atoms with Gasteiger partial charge in [0.15, 0.2) is 0 Å². The van der Waals surface area contributed by atoms with Gasteiger partial charge in [-0.3, -0.25) is 4.79 Å². The Labute approximate surface area is 98.0 Å².